The summed E-state index contributed by atoms with van der Waals surface area (Å²) < 4.78 is 0. The minimum absolute atomic E-state index is 0.0183. The Morgan fingerprint density at radius 1 is 0.926 bits per heavy atom. The third kappa shape index (κ3) is 5.85. The Balaban J connectivity index is 2.06. The fourth-order valence-electron chi connectivity index (χ4n) is 3.00. The maximum atomic E-state index is 12.8. The predicted octanol–water partition coefficient (Wildman–Crippen LogP) is 5.73. The molecule has 0 heterocycles. The number of aliphatic hydroxyl groups is 1. The molecule has 3 nitrogen and oxygen atoms in total. The average Bonchev–Trinajstić information content (AvgIpc) is 2.66. The fraction of sp³-hybridized carbons (Fsp3) is 0.435. The normalized spacial score (nSPS) is 13.6. The first-order valence-electron chi connectivity index (χ1n) is 9.59. The van der Waals surface area contributed by atoms with E-state index in [1.807, 2.05) is 37.3 Å². The minimum atomic E-state index is -0.569. The number of para-hydroxylation sites is 1. The lowest BCUT2D eigenvalue weighted by Crippen LogP contribution is -2.25. The van der Waals surface area contributed by atoms with Crippen LogP contribution in [0.3, 0.4) is 0 Å². The molecule has 0 spiro atoms. The zero-order chi connectivity index (χ0) is 20.0. The summed E-state index contributed by atoms with van der Waals surface area (Å²) >= 11 is 1.47. The van der Waals surface area contributed by atoms with Crippen molar-refractivity contribution >= 4 is 23.4 Å². The molecule has 2 aromatic rings. The van der Waals surface area contributed by atoms with Gasteiger partial charge in [-0.15, -0.1) is 11.8 Å². The Morgan fingerprint density at radius 3 is 2.00 bits per heavy atom. The molecular weight excluding hydrogens is 354 g/mol. The van der Waals surface area contributed by atoms with Gasteiger partial charge >= 0.3 is 0 Å². The van der Waals surface area contributed by atoms with E-state index in [0.717, 1.165) is 22.4 Å². The van der Waals surface area contributed by atoms with Crippen LogP contribution >= 0.6 is 11.8 Å². The Kier molecular flexibility index (Phi) is 7.93. The van der Waals surface area contributed by atoms with Crippen LogP contribution in [0.2, 0.25) is 0 Å². The predicted molar refractivity (Wildman–Crippen MR) is 117 cm³/mol. The van der Waals surface area contributed by atoms with Gasteiger partial charge in [-0.1, -0.05) is 76.2 Å². The van der Waals surface area contributed by atoms with Gasteiger partial charge in [-0.25, -0.2) is 0 Å². The highest BCUT2D eigenvalue weighted by atomic mass is 32.2. The van der Waals surface area contributed by atoms with Crippen molar-refractivity contribution in [3.05, 3.63) is 65.2 Å². The molecule has 2 rings (SSSR count). The fourth-order valence-corrected chi connectivity index (χ4v) is 3.88. The highest BCUT2D eigenvalue weighted by molar-refractivity contribution is 8.00. The quantitative estimate of drug-likeness (QED) is 0.610. The Labute approximate surface area is 167 Å². The molecule has 0 fully saturated rings. The third-order valence-corrected chi connectivity index (χ3v) is 5.90. The van der Waals surface area contributed by atoms with Crippen molar-refractivity contribution in [2.75, 3.05) is 11.1 Å². The first-order chi connectivity index (χ1) is 12.8. The molecule has 1 amide bonds. The van der Waals surface area contributed by atoms with E-state index >= 15 is 0 Å². The second kappa shape index (κ2) is 9.95. The highest BCUT2D eigenvalue weighted by Gasteiger charge is 2.20. The maximum absolute atomic E-state index is 12.8. The monoisotopic (exact) mass is 385 g/mol. The number of rotatable bonds is 8. The summed E-state index contributed by atoms with van der Waals surface area (Å²) in [5.41, 5.74) is 4.15. The first kappa shape index (κ1) is 21.5. The molecule has 2 unspecified atom stereocenters. The van der Waals surface area contributed by atoms with Crippen LogP contribution < -0.4 is 5.32 Å². The number of amides is 1. The van der Waals surface area contributed by atoms with Gasteiger partial charge in [-0.05, 0) is 35.4 Å². The van der Waals surface area contributed by atoms with Gasteiger partial charge in [-0.3, -0.25) is 4.79 Å². The van der Waals surface area contributed by atoms with Gasteiger partial charge < -0.3 is 10.4 Å². The summed E-state index contributed by atoms with van der Waals surface area (Å²) in [5, 5.41) is 13.2. The van der Waals surface area contributed by atoms with Gasteiger partial charge in [0.15, 0.2) is 0 Å². The second-order valence-electron chi connectivity index (χ2n) is 7.51. The molecule has 146 valence electrons. The van der Waals surface area contributed by atoms with Crippen molar-refractivity contribution in [1.29, 1.82) is 0 Å². The van der Waals surface area contributed by atoms with Crippen molar-refractivity contribution in [1.82, 2.24) is 0 Å². The van der Waals surface area contributed by atoms with Crippen molar-refractivity contribution in [3.8, 4) is 0 Å². The summed E-state index contributed by atoms with van der Waals surface area (Å²) in [6.45, 7) is 10.5. The lowest BCUT2D eigenvalue weighted by molar-refractivity contribution is -0.115. The van der Waals surface area contributed by atoms with E-state index in [-0.39, 0.29) is 11.2 Å². The van der Waals surface area contributed by atoms with E-state index in [1.54, 1.807) is 0 Å². The van der Waals surface area contributed by atoms with Gasteiger partial charge in [0.1, 0.15) is 0 Å². The van der Waals surface area contributed by atoms with Gasteiger partial charge in [0.05, 0.1) is 11.4 Å². The Hall–Kier alpha value is -1.78. The second-order valence-corrected chi connectivity index (χ2v) is 8.89. The van der Waals surface area contributed by atoms with Crippen LogP contribution in [0.25, 0.3) is 0 Å². The number of aliphatic hydroxyl groups excluding tert-OH is 1. The smallest absolute Gasteiger partial charge is 0.237 e. The summed E-state index contributed by atoms with van der Waals surface area (Å²) in [7, 11) is 0. The molecule has 4 heteroatoms. The minimum Gasteiger partial charge on any atom is -0.388 e. The molecular formula is C23H31NO2S. The number of hydrogen-bond donors (Lipinski definition) is 2. The number of nitrogens with one attached hydrogen (secondary N) is 1. The van der Waals surface area contributed by atoms with Gasteiger partial charge in [0.2, 0.25) is 5.91 Å². The lowest BCUT2D eigenvalue weighted by atomic mass is 9.92. The molecule has 0 saturated heterocycles. The first-order valence-corrected chi connectivity index (χ1v) is 10.6. The van der Waals surface area contributed by atoms with E-state index in [4.69, 9.17) is 0 Å². The standard InChI is InChI=1S/C23H31NO2S/c1-15(2)19-12-9-13-20(16(3)4)22(19)24-23(26)17(5)27-14-21(25)18-10-7-6-8-11-18/h6-13,15-17,21,25H,14H2,1-5H3,(H,24,26). The Bertz CT molecular complexity index is 717. The van der Waals surface area contributed by atoms with Crippen LogP contribution in [0.5, 0.6) is 0 Å². The SMILES string of the molecule is CC(SCC(O)c1ccccc1)C(=O)Nc1c(C(C)C)cccc1C(C)C. The summed E-state index contributed by atoms with van der Waals surface area (Å²) in [6.07, 6.45) is -0.569. The molecule has 2 N–H and O–H groups in total. The molecule has 0 aromatic heterocycles. The van der Waals surface area contributed by atoms with E-state index in [0.29, 0.717) is 17.6 Å². The van der Waals surface area contributed by atoms with Crippen LogP contribution in [0.4, 0.5) is 5.69 Å². The molecule has 0 bridgehead atoms. The van der Waals surface area contributed by atoms with Crippen LogP contribution in [-0.4, -0.2) is 22.0 Å². The van der Waals surface area contributed by atoms with E-state index in [1.165, 1.54) is 11.8 Å². The van der Waals surface area contributed by atoms with Crippen LogP contribution in [0, 0.1) is 0 Å². The van der Waals surface area contributed by atoms with E-state index in [9.17, 15) is 9.90 Å². The molecule has 0 aliphatic heterocycles. The van der Waals surface area contributed by atoms with Crippen molar-refractivity contribution in [2.45, 2.75) is 57.8 Å². The van der Waals surface area contributed by atoms with Crippen molar-refractivity contribution in [2.24, 2.45) is 0 Å². The highest BCUT2D eigenvalue weighted by Crippen LogP contribution is 2.33. The topological polar surface area (TPSA) is 49.3 Å². The molecule has 0 aliphatic rings. The van der Waals surface area contributed by atoms with Gasteiger partial charge in [0.25, 0.3) is 0 Å². The number of carbonyl (C=O) groups is 1. The summed E-state index contributed by atoms with van der Waals surface area (Å²) in [4.78, 5) is 12.8. The van der Waals surface area contributed by atoms with Crippen LogP contribution in [0.15, 0.2) is 48.5 Å². The molecule has 0 saturated carbocycles. The van der Waals surface area contributed by atoms with Crippen LogP contribution in [0.1, 0.15) is 69.2 Å². The number of thioether (sulfide) groups is 1. The molecule has 27 heavy (non-hydrogen) atoms. The van der Waals surface area contributed by atoms with Crippen molar-refractivity contribution < 1.29 is 9.90 Å². The number of hydrogen-bond acceptors (Lipinski definition) is 3. The Morgan fingerprint density at radius 2 is 1.48 bits per heavy atom. The van der Waals surface area contributed by atoms with E-state index in [2.05, 4.69) is 51.2 Å². The molecule has 0 radical (unpaired) electrons. The summed E-state index contributed by atoms with van der Waals surface area (Å²) in [5.74, 6) is 1.14. The zero-order valence-electron chi connectivity index (χ0n) is 16.9. The third-order valence-electron chi connectivity index (χ3n) is 4.68. The van der Waals surface area contributed by atoms with Crippen LogP contribution in [-0.2, 0) is 4.79 Å². The summed E-state index contributed by atoms with van der Waals surface area (Å²) in [6, 6.07) is 15.8. The number of benzene rings is 2. The maximum Gasteiger partial charge on any atom is 0.237 e. The largest absolute Gasteiger partial charge is 0.388 e. The lowest BCUT2D eigenvalue weighted by Gasteiger charge is -2.22. The van der Waals surface area contributed by atoms with Gasteiger partial charge in [0, 0.05) is 11.4 Å². The number of carbonyl (C=O) groups excluding carboxylic acids is 1. The van der Waals surface area contributed by atoms with Crippen molar-refractivity contribution in [3.63, 3.8) is 0 Å². The molecule has 2 aromatic carbocycles. The van der Waals surface area contributed by atoms with Gasteiger partial charge in [-0.2, -0.15) is 0 Å². The number of anilines is 1. The average molecular weight is 386 g/mol. The van der Waals surface area contributed by atoms with E-state index < -0.39 is 6.10 Å². The molecule has 0 aliphatic carbocycles. The zero-order valence-corrected chi connectivity index (χ0v) is 17.7. The molecule has 2 atom stereocenters.